The van der Waals surface area contributed by atoms with Crippen LogP contribution in [-0.4, -0.2) is 145 Å². The van der Waals surface area contributed by atoms with Crippen LogP contribution in [0.2, 0.25) is 0 Å². The fraction of sp³-hybridized carbons (Fsp3) is 0.973. The number of nitrogens with one attached hydrogen (secondary N) is 1. The van der Waals surface area contributed by atoms with Crippen LogP contribution in [0.5, 0.6) is 0 Å². The zero-order chi connectivity index (χ0) is 35.4. The third-order valence-electron chi connectivity index (χ3n) is 7.45. The summed E-state index contributed by atoms with van der Waals surface area (Å²) in [7, 11) is 1.90. The van der Waals surface area contributed by atoms with E-state index in [9.17, 15) is 4.79 Å². The summed E-state index contributed by atoms with van der Waals surface area (Å²) >= 11 is 0. The number of carbonyl (C=O) groups is 1. The predicted molar refractivity (Wildman–Crippen MR) is 193 cm³/mol. The summed E-state index contributed by atoms with van der Waals surface area (Å²) < 4.78 is 54.4. The zero-order valence-electron chi connectivity index (χ0n) is 31.5. The van der Waals surface area contributed by atoms with E-state index in [0.717, 1.165) is 19.4 Å². The first kappa shape index (κ1) is 48.1. The van der Waals surface area contributed by atoms with E-state index in [-0.39, 0.29) is 5.97 Å². The predicted octanol–water partition coefficient (Wildman–Crippen LogP) is 5.38. The smallest absolute Gasteiger partial charge is 0.305 e. The van der Waals surface area contributed by atoms with Gasteiger partial charge in [-0.2, -0.15) is 0 Å². The van der Waals surface area contributed by atoms with Crippen LogP contribution in [0.1, 0.15) is 96.8 Å². The Morgan fingerprint density at radius 2 is 0.633 bits per heavy atom. The largest absolute Gasteiger partial charge is 0.463 e. The highest BCUT2D eigenvalue weighted by Gasteiger charge is 2.03. The van der Waals surface area contributed by atoms with Gasteiger partial charge in [0.2, 0.25) is 0 Å². The third-order valence-corrected chi connectivity index (χ3v) is 7.45. The van der Waals surface area contributed by atoms with Crippen LogP contribution in [0.3, 0.4) is 0 Å². The van der Waals surface area contributed by atoms with Gasteiger partial charge in [0.1, 0.15) is 6.61 Å². The molecule has 0 fully saturated rings. The van der Waals surface area contributed by atoms with E-state index < -0.39 is 0 Å². The number of carbonyl (C=O) groups excluding carboxylic acids is 1. The molecule has 1 N–H and O–H groups in total. The van der Waals surface area contributed by atoms with Crippen LogP contribution in [0.25, 0.3) is 0 Å². The first-order valence-electron chi connectivity index (χ1n) is 19.3. The molecule has 0 aliphatic carbocycles. The first-order valence-corrected chi connectivity index (χ1v) is 19.3. The molecule has 49 heavy (non-hydrogen) atoms. The molecule has 294 valence electrons. The molecule has 0 saturated heterocycles. The van der Waals surface area contributed by atoms with Crippen LogP contribution in [0, 0.1) is 0 Å². The van der Waals surface area contributed by atoms with Crippen molar-refractivity contribution in [1.29, 1.82) is 0 Å². The summed E-state index contributed by atoms with van der Waals surface area (Å²) in [5.74, 6) is -0.129. The normalized spacial score (nSPS) is 11.5. The van der Waals surface area contributed by atoms with Crippen molar-refractivity contribution in [3.05, 3.63) is 0 Å². The molecular formula is C37H75NO11. The second-order valence-corrected chi connectivity index (χ2v) is 11.8. The Kier molecular flexibility index (Phi) is 44.2. The van der Waals surface area contributed by atoms with Crippen molar-refractivity contribution in [2.45, 2.75) is 96.8 Å². The van der Waals surface area contributed by atoms with E-state index in [1.165, 1.54) is 70.6 Å². The lowest BCUT2D eigenvalue weighted by molar-refractivity contribution is -0.145. The van der Waals surface area contributed by atoms with E-state index in [2.05, 4.69) is 12.2 Å². The minimum absolute atomic E-state index is 0.129. The highest BCUT2D eigenvalue weighted by molar-refractivity contribution is 5.69. The molecule has 12 heteroatoms. The number of hydrogen-bond acceptors (Lipinski definition) is 12. The van der Waals surface area contributed by atoms with E-state index in [0.29, 0.717) is 132 Å². The van der Waals surface area contributed by atoms with Crippen molar-refractivity contribution in [2.24, 2.45) is 0 Å². The van der Waals surface area contributed by atoms with Gasteiger partial charge in [0.25, 0.3) is 0 Å². The highest BCUT2D eigenvalue weighted by atomic mass is 16.6. The average Bonchev–Trinajstić information content (AvgIpc) is 3.11. The zero-order valence-corrected chi connectivity index (χ0v) is 31.5. The highest BCUT2D eigenvalue weighted by Crippen LogP contribution is 2.13. The minimum atomic E-state index is -0.129. The van der Waals surface area contributed by atoms with Crippen molar-refractivity contribution >= 4 is 5.97 Å². The van der Waals surface area contributed by atoms with Crippen molar-refractivity contribution < 1.29 is 52.2 Å². The Hall–Kier alpha value is -0.930. The Labute approximate surface area is 299 Å². The van der Waals surface area contributed by atoms with E-state index in [1.54, 1.807) is 0 Å². The monoisotopic (exact) mass is 710 g/mol. The molecular weight excluding hydrogens is 634 g/mol. The molecule has 0 aromatic carbocycles. The molecule has 0 radical (unpaired) electrons. The van der Waals surface area contributed by atoms with Crippen molar-refractivity contribution in [1.82, 2.24) is 5.32 Å². The maximum Gasteiger partial charge on any atom is 0.305 e. The van der Waals surface area contributed by atoms with Crippen LogP contribution < -0.4 is 5.32 Å². The summed E-state index contributed by atoms with van der Waals surface area (Å²) in [6, 6.07) is 0. The molecule has 0 unspecified atom stereocenters. The summed E-state index contributed by atoms with van der Waals surface area (Å²) in [6.45, 7) is 12.8. The van der Waals surface area contributed by atoms with Gasteiger partial charge in [-0.1, -0.05) is 84.0 Å². The number of likely N-dealkylation sites (N-methyl/N-ethyl adjacent to an activating group) is 1. The van der Waals surface area contributed by atoms with E-state index in [1.807, 2.05) is 7.05 Å². The molecule has 0 amide bonds. The lowest BCUT2D eigenvalue weighted by atomic mass is 10.0. The Morgan fingerprint density at radius 3 is 0.939 bits per heavy atom. The number of ether oxygens (including phenoxy) is 10. The Bertz CT molecular complexity index is 619. The molecule has 0 aromatic rings. The van der Waals surface area contributed by atoms with Crippen molar-refractivity contribution in [3.63, 3.8) is 0 Å². The number of rotatable bonds is 44. The number of hydrogen-bond donors (Lipinski definition) is 1. The van der Waals surface area contributed by atoms with Gasteiger partial charge in [0.15, 0.2) is 0 Å². The number of unbranched alkanes of at least 4 members (excludes halogenated alkanes) is 12. The molecule has 0 saturated carbocycles. The van der Waals surface area contributed by atoms with Crippen LogP contribution >= 0.6 is 0 Å². The Morgan fingerprint density at radius 1 is 0.367 bits per heavy atom. The molecule has 0 atom stereocenters. The second-order valence-electron chi connectivity index (χ2n) is 11.8. The molecule has 12 nitrogen and oxygen atoms in total. The van der Waals surface area contributed by atoms with E-state index >= 15 is 0 Å². The summed E-state index contributed by atoms with van der Waals surface area (Å²) in [5, 5.41) is 3.02. The minimum Gasteiger partial charge on any atom is -0.463 e. The molecule has 0 aliphatic heterocycles. The van der Waals surface area contributed by atoms with Gasteiger partial charge in [0, 0.05) is 13.0 Å². The summed E-state index contributed by atoms with van der Waals surface area (Å²) in [4.78, 5) is 11.9. The molecule has 0 aliphatic rings. The molecule has 0 heterocycles. The maximum atomic E-state index is 11.9. The Balaban J connectivity index is 3.12. The van der Waals surface area contributed by atoms with Gasteiger partial charge >= 0.3 is 5.97 Å². The first-order chi connectivity index (χ1) is 24.3. The second kappa shape index (κ2) is 45.1. The van der Waals surface area contributed by atoms with Crippen LogP contribution in [0.15, 0.2) is 0 Å². The topological polar surface area (TPSA) is 121 Å². The van der Waals surface area contributed by atoms with Crippen molar-refractivity contribution in [2.75, 3.05) is 139 Å². The van der Waals surface area contributed by atoms with Crippen molar-refractivity contribution in [3.8, 4) is 0 Å². The third kappa shape index (κ3) is 45.0. The summed E-state index contributed by atoms with van der Waals surface area (Å²) in [5.41, 5.74) is 0. The van der Waals surface area contributed by atoms with Gasteiger partial charge in [-0.15, -0.1) is 0 Å². The molecule has 0 bridgehead atoms. The molecule has 0 rings (SSSR count). The quantitative estimate of drug-likeness (QED) is 0.0646. The maximum absolute atomic E-state index is 11.9. The SMILES string of the molecule is CCCCCCCCCCCCCCCC(=O)OCCOCCOCCOCCOCCOCCOCCOCCOCCOCCNC. The van der Waals surface area contributed by atoms with Gasteiger partial charge in [-0.05, 0) is 13.5 Å². The van der Waals surface area contributed by atoms with E-state index in [4.69, 9.17) is 47.4 Å². The summed E-state index contributed by atoms with van der Waals surface area (Å²) in [6.07, 6.45) is 17.4. The standard InChI is InChI=1S/C37H75NO11/c1-3-4-5-6-7-8-9-10-11-12-13-14-15-16-37(39)49-36-35-48-34-33-47-32-31-46-30-29-45-28-27-44-26-25-43-24-23-42-22-21-41-20-19-40-18-17-38-2/h38H,3-36H2,1-2H3. The van der Waals surface area contributed by atoms with Gasteiger partial charge in [0.05, 0.1) is 119 Å². The van der Waals surface area contributed by atoms with Crippen LogP contribution in [0.4, 0.5) is 0 Å². The fourth-order valence-electron chi connectivity index (χ4n) is 4.61. The number of esters is 1. The lowest BCUT2D eigenvalue weighted by Gasteiger charge is -2.09. The average molecular weight is 710 g/mol. The van der Waals surface area contributed by atoms with Gasteiger partial charge in [-0.3, -0.25) is 4.79 Å². The van der Waals surface area contributed by atoms with Gasteiger partial charge in [-0.25, -0.2) is 0 Å². The fourth-order valence-corrected chi connectivity index (χ4v) is 4.61. The lowest BCUT2D eigenvalue weighted by Crippen LogP contribution is -2.17. The molecule has 0 aromatic heterocycles. The van der Waals surface area contributed by atoms with Gasteiger partial charge < -0.3 is 52.7 Å². The van der Waals surface area contributed by atoms with Crippen LogP contribution in [-0.2, 0) is 52.2 Å². The molecule has 0 spiro atoms.